The first-order valence-corrected chi connectivity index (χ1v) is 7.02. The summed E-state index contributed by atoms with van der Waals surface area (Å²) >= 11 is 0. The number of rotatable bonds is 3. The molecule has 0 spiro atoms. The van der Waals surface area contributed by atoms with Crippen LogP contribution in [0.5, 0.6) is 0 Å². The lowest BCUT2D eigenvalue weighted by atomic mass is 10.0. The van der Waals surface area contributed by atoms with E-state index in [2.05, 4.69) is 19.9 Å². The maximum atomic E-state index is 12.3. The lowest BCUT2D eigenvalue weighted by Crippen LogP contribution is -2.03. The van der Waals surface area contributed by atoms with E-state index in [0.717, 1.165) is 16.4 Å². The van der Waals surface area contributed by atoms with Crippen molar-refractivity contribution in [2.45, 2.75) is 20.8 Å². The topological polar surface area (TPSA) is 17.1 Å². The first-order chi connectivity index (χ1) is 8.58. The van der Waals surface area contributed by atoms with Gasteiger partial charge in [0.15, 0.2) is 5.52 Å². The van der Waals surface area contributed by atoms with Gasteiger partial charge in [0.2, 0.25) is 0 Å². The van der Waals surface area contributed by atoms with Gasteiger partial charge in [-0.3, -0.25) is 4.79 Å². The van der Waals surface area contributed by atoms with Crippen molar-refractivity contribution in [2.24, 2.45) is 0 Å². The van der Waals surface area contributed by atoms with Gasteiger partial charge < -0.3 is 0 Å². The molecule has 2 rings (SSSR count). The van der Waals surface area contributed by atoms with Crippen molar-refractivity contribution in [3.63, 3.8) is 0 Å². The van der Waals surface area contributed by atoms with Crippen LogP contribution in [0.2, 0.25) is 0 Å². The van der Waals surface area contributed by atoms with E-state index in [9.17, 15) is 4.79 Å². The normalized spacial score (nSPS) is 11.1. The largest absolute Gasteiger partial charge is 0.289 e. The third kappa shape index (κ3) is 2.86. The summed E-state index contributed by atoms with van der Waals surface area (Å²) in [6, 6.07) is 14.0. The predicted octanol–water partition coefficient (Wildman–Crippen LogP) is 3.76. The lowest BCUT2D eigenvalue weighted by molar-refractivity contribution is 0.108. The van der Waals surface area contributed by atoms with E-state index < -0.39 is 0 Å². The molecule has 0 amide bonds. The highest BCUT2D eigenvalue weighted by Crippen LogP contribution is 2.23. The van der Waals surface area contributed by atoms with Gasteiger partial charge in [-0.15, -0.1) is 0 Å². The zero-order valence-electron chi connectivity index (χ0n) is 10.9. The third-order valence-electron chi connectivity index (χ3n) is 3.12. The van der Waals surface area contributed by atoms with E-state index in [1.807, 2.05) is 43.3 Å². The Morgan fingerprint density at radius 3 is 2.17 bits per heavy atom. The highest BCUT2D eigenvalue weighted by atomic mass is 31.1. The molecule has 0 fully saturated rings. The fraction of sp³-hybridized carbons (Fsp3) is 0.188. The number of hydrogen-bond acceptors (Lipinski definition) is 1. The maximum Gasteiger partial charge on any atom is 0.185 e. The predicted molar refractivity (Wildman–Crippen MR) is 79.4 cm³/mol. The Morgan fingerprint density at radius 1 is 0.889 bits per heavy atom. The second-order valence-corrected chi connectivity index (χ2v) is 5.85. The van der Waals surface area contributed by atoms with E-state index in [0.29, 0.717) is 0 Å². The minimum atomic E-state index is 0.206. The number of hydrogen-bond donors (Lipinski definition) is 0. The molecule has 0 heterocycles. The smallest absolute Gasteiger partial charge is 0.185 e. The quantitative estimate of drug-likeness (QED) is 0.764. The van der Waals surface area contributed by atoms with Crippen molar-refractivity contribution >= 4 is 19.4 Å². The van der Waals surface area contributed by atoms with E-state index in [1.54, 1.807) is 0 Å². The van der Waals surface area contributed by atoms with E-state index in [1.165, 1.54) is 11.1 Å². The number of aryl methyl sites for hydroxylation is 3. The van der Waals surface area contributed by atoms with Crippen molar-refractivity contribution in [1.29, 1.82) is 0 Å². The first-order valence-electron chi connectivity index (χ1n) is 6.02. The van der Waals surface area contributed by atoms with Crippen molar-refractivity contribution in [3.8, 4) is 0 Å². The Morgan fingerprint density at radius 2 is 1.50 bits per heavy atom. The van der Waals surface area contributed by atoms with Crippen molar-refractivity contribution in [2.75, 3.05) is 0 Å². The molecule has 1 atom stereocenters. The Balaban J connectivity index is 2.27. The van der Waals surface area contributed by atoms with Gasteiger partial charge in [-0.05, 0) is 57.4 Å². The SMILES string of the molecule is Cc1cc(C)c(C(=O)Pc2ccccc2)cc1C. The van der Waals surface area contributed by atoms with Crippen LogP contribution in [-0.2, 0) is 0 Å². The summed E-state index contributed by atoms with van der Waals surface area (Å²) < 4.78 is 0. The molecule has 0 N–H and O–H groups in total. The fourth-order valence-corrected chi connectivity index (χ4v) is 2.95. The number of carbonyl (C=O) groups excluding carboxylic acids is 1. The van der Waals surface area contributed by atoms with Crippen molar-refractivity contribution < 1.29 is 4.79 Å². The van der Waals surface area contributed by atoms with Crippen LogP contribution in [0.3, 0.4) is 0 Å². The standard InChI is InChI=1S/C16H17OP/c1-11-9-13(3)15(10-12(11)2)16(17)18-14-7-5-4-6-8-14/h4-10,18H,1-3H3. The van der Waals surface area contributed by atoms with E-state index >= 15 is 0 Å². The van der Waals surface area contributed by atoms with Crippen LogP contribution in [-0.4, -0.2) is 5.52 Å². The molecular formula is C16H17OP. The van der Waals surface area contributed by atoms with Gasteiger partial charge in [0.25, 0.3) is 0 Å². The molecule has 0 aliphatic heterocycles. The molecule has 0 aliphatic rings. The summed E-state index contributed by atoms with van der Waals surface area (Å²) in [6.07, 6.45) is 0. The summed E-state index contributed by atoms with van der Waals surface area (Å²) in [7, 11) is 0.206. The molecule has 2 aromatic rings. The molecule has 0 aliphatic carbocycles. The van der Waals surface area contributed by atoms with Gasteiger partial charge in [-0.25, -0.2) is 0 Å². The van der Waals surface area contributed by atoms with Crippen molar-refractivity contribution in [1.82, 2.24) is 0 Å². The molecule has 92 valence electrons. The van der Waals surface area contributed by atoms with Gasteiger partial charge in [-0.1, -0.05) is 36.4 Å². The van der Waals surface area contributed by atoms with Gasteiger partial charge >= 0.3 is 0 Å². The van der Waals surface area contributed by atoms with Crippen LogP contribution >= 0.6 is 8.58 Å². The Labute approximate surface area is 110 Å². The van der Waals surface area contributed by atoms with Crippen molar-refractivity contribution in [3.05, 3.63) is 64.7 Å². The molecule has 1 unspecified atom stereocenters. The summed E-state index contributed by atoms with van der Waals surface area (Å²) in [5, 5.41) is 1.10. The zero-order chi connectivity index (χ0) is 13.1. The first kappa shape index (κ1) is 13.0. The van der Waals surface area contributed by atoms with Gasteiger partial charge in [0.05, 0.1) is 0 Å². The number of benzene rings is 2. The second-order valence-electron chi connectivity index (χ2n) is 4.57. The van der Waals surface area contributed by atoms with Crippen LogP contribution in [0.4, 0.5) is 0 Å². The van der Waals surface area contributed by atoms with Gasteiger partial charge in [-0.2, -0.15) is 0 Å². The molecule has 2 heteroatoms. The van der Waals surface area contributed by atoms with Gasteiger partial charge in [0.1, 0.15) is 0 Å². The Hall–Kier alpha value is -1.46. The fourth-order valence-electron chi connectivity index (χ4n) is 1.93. The molecule has 2 aromatic carbocycles. The lowest BCUT2D eigenvalue weighted by Gasteiger charge is -2.09. The molecule has 0 saturated carbocycles. The Kier molecular flexibility index (Phi) is 3.93. The van der Waals surface area contributed by atoms with E-state index in [-0.39, 0.29) is 14.1 Å². The highest BCUT2D eigenvalue weighted by molar-refractivity contribution is 7.66. The molecule has 0 saturated heterocycles. The monoisotopic (exact) mass is 256 g/mol. The molecule has 0 bridgehead atoms. The van der Waals surface area contributed by atoms with Crippen LogP contribution in [0.1, 0.15) is 27.0 Å². The molecule has 1 nitrogen and oxygen atoms in total. The molecule has 0 aromatic heterocycles. The minimum absolute atomic E-state index is 0.206. The molecule has 0 radical (unpaired) electrons. The summed E-state index contributed by atoms with van der Waals surface area (Å²) in [4.78, 5) is 12.3. The number of carbonyl (C=O) groups is 1. The van der Waals surface area contributed by atoms with Crippen LogP contribution in [0.25, 0.3) is 0 Å². The third-order valence-corrected chi connectivity index (χ3v) is 4.24. The Bertz CT molecular complexity index is 573. The minimum Gasteiger partial charge on any atom is -0.289 e. The average molecular weight is 256 g/mol. The average Bonchev–Trinajstić information content (AvgIpc) is 2.35. The second kappa shape index (κ2) is 5.46. The zero-order valence-corrected chi connectivity index (χ0v) is 11.9. The summed E-state index contributed by atoms with van der Waals surface area (Å²) in [6.45, 7) is 6.14. The highest BCUT2D eigenvalue weighted by Gasteiger charge is 2.11. The molecular weight excluding hydrogens is 239 g/mol. The summed E-state index contributed by atoms with van der Waals surface area (Å²) in [5.41, 5.74) is 4.59. The molecule has 18 heavy (non-hydrogen) atoms. The van der Waals surface area contributed by atoms with Crippen LogP contribution < -0.4 is 5.30 Å². The van der Waals surface area contributed by atoms with E-state index in [4.69, 9.17) is 0 Å². The van der Waals surface area contributed by atoms with Gasteiger partial charge in [0, 0.05) is 5.56 Å². The van der Waals surface area contributed by atoms with Crippen LogP contribution in [0, 0.1) is 20.8 Å². The van der Waals surface area contributed by atoms with Crippen LogP contribution in [0.15, 0.2) is 42.5 Å². The maximum absolute atomic E-state index is 12.3. The summed E-state index contributed by atoms with van der Waals surface area (Å²) in [5.74, 6) is 0.